The number of hydrogen-bond donors (Lipinski definition) is 4. The minimum absolute atomic E-state index is 0.0365. The van der Waals surface area contributed by atoms with Crippen LogP contribution in [0.1, 0.15) is 13.8 Å². The van der Waals surface area contributed by atoms with Gasteiger partial charge in [0.2, 0.25) is 23.8 Å². The van der Waals surface area contributed by atoms with E-state index in [1.54, 1.807) is 12.1 Å². The van der Waals surface area contributed by atoms with E-state index in [0.717, 1.165) is 13.1 Å². The number of hydrogen-bond acceptors (Lipinski definition) is 10. The molecule has 1 aliphatic rings. The lowest BCUT2D eigenvalue weighted by Gasteiger charge is -2.27. The topological polar surface area (TPSA) is 177 Å². The number of benzene rings is 1. The van der Waals surface area contributed by atoms with Gasteiger partial charge in [0.25, 0.3) is 10.0 Å². The molecule has 32 heavy (non-hydrogen) atoms. The maximum atomic E-state index is 12.1. The standard InChI is InChI=1S/C18H28N10O3S/c1-3-27(4-2)18-23-16(22-17(24-18)25-28-9-11-31-12-10-28)21-13-5-7-14(8-6-13)32(29,30)26-15(19)20/h5-8H,3-4,9-12H2,1-2H3,(H4,19,20,26)(H2,21,22,23,24,25). The Morgan fingerprint density at radius 2 is 1.72 bits per heavy atom. The highest BCUT2D eigenvalue weighted by atomic mass is 32.2. The zero-order valence-electron chi connectivity index (χ0n) is 18.0. The summed E-state index contributed by atoms with van der Waals surface area (Å²) < 4.78 is 32.9. The van der Waals surface area contributed by atoms with Crippen molar-refractivity contribution in [1.82, 2.24) is 20.0 Å². The third-order valence-corrected chi connectivity index (χ3v) is 5.89. The van der Waals surface area contributed by atoms with E-state index in [4.69, 9.17) is 16.2 Å². The number of guanidine groups is 1. The molecule has 3 rings (SSSR count). The molecule has 1 aromatic heterocycles. The second-order valence-electron chi connectivity index (χ2n) is 6.81. The summed E-state index contributed by atoms with van der Waals surface area (Å²) in [6.07, 6.45) is 0. The highest BCUT2D eigenvalue weighted by Crippen LogP contribution is 2.21. The Morgan fingerprint density at radius 1 is 1.09 bits per heavy atom. The molecule has 1 saturated heterocycles. The molecule has 0 bridgehead atoms. The Labute approximate surface area is 186 Å². The maximum absolute atomic E-state index is 12.1. The Morgan fingerprint density at radius 3 is 2.31 bits per heavy atom. The van der Waals surface area contributed by atoms with Gasteiger partial charge in [-0.25, -0.2) is 5.01 Å². The van der Waals surface area contributed by atoms with Crippen LogP contribution in [0.4, 0.5) is 23.5 Å². The minimum atomic E-state index is -3.96. The maximum Gasteiger partial charge on any atom is 0.285 e. The van der Waals surface area contributed by atoms with Crippen molar-refractivity contribution in [2.75, 3.05) is 55.0 Å². The lowest BCUT2D eigenvalue weighted by molar-refractivity contribution is 0.0492. The molecule has 0 spiro atoms. The first-order chi connectivity index (χ1) is 15.3. The molecular formula is C18H28N10O3S. The zero-order chi connectivity index (χ0) is 23.1. The van der Waals surface area contributed by atoms with Crippen LogP contribution < -0.4 is 27.1 Å². The first kappa shape index (κ1) is 23.4. The highest BCUT2D eigenvalue weighted by Gasteiger charge is 2.16. The molecule has 0 amide bonds. The van der Waals surface area contributed by atoms with Crippen molar-refractivity contribution in [1.29, 1.82) is 0 Å². The molecule has 14 heteroatoms. The number of anilines is 4. The van der Waals surface area contributed by atoms with Crippen LogP contribution in [0.25, 0.3) is 0 Å². The molecule has 0 radical (unpaired) electrons. The molecule has 0 atom stereocenters. The SMILES string of the molecule is CCN(CC)c1nc(Nc2ccc(S(=O)(=O)N=C(N)N)cc2)nc(NN2CCOCC2)n1. The van der Waals surface area contributed by atoms with Crippen molar-refractivity contribution in [3.63, 3.8) is 0 Å². The van der Waals surface area contributed by atoms with Gasteiger partial charge in [0.1, 0.15) is 0 Å². The summed E-state index contributed by atoms with van der Waals surface area (Å²) in [6, 6.07) is 5.93. The molecule has 6 N–H and O–H groups in total. The van der Waals surface area contributed by atoms with Gasteiger partial charge in [0.05, 0.1) is 18.1 Å². The van der Waals surface area contributed by atoms with Gasteiger partial charge < -0.3 is 26.4 Å². The Hall–Kier alpha value is -3.23. The predicted molar refractivity (Wildman–Crippen MR) is 122 cm³/mol. The van der Waals surface area contributed by atoms with Crippen LogP contribution in [0, 0.1) is 0 Å². The van der Waals surface area contributed by atoms with Crippen LogP contribution in [0.5, 0.6) is 0 Å². The molecule has 0 unspecified atom stereocenters. The number of rotatable bonds is 9. The number of aromatic nitrogens is 3. The number of nitrogens with two attached hydrogens (primary N) is 2. The molecule has 0 aliphatic carbocycles. The summed E-state index contributed by atoms with van der Waals surface area (Å²) in [7, 11) is -3.96. The Bertz CT molecular complexity index is 1030. The van der Waals surface area contributed by atoms with Crippen molar-refractivity contribution in [2.45, 2.75) is 18.7 Å². The van der Waals surface area contributed by atoms with Crippen molar-refractivity contribution in [3.05, 3.63) is 24.3 Å². The van der Waals surface area contributed by atoms with Gasteiger partial charge in [-0.15, -0.1) is 4.40 Å². The van der Waals surface area contributed by atoms with Crippen molar-refractivity contribution in [3.8, 4) is 0 Å². The number of hydrazine groups is 1. The van der Waals surface area contributed by atoms with Crippen LogP contribution in [-0.2, 0) is 14.8 Å². The van der Waals surface area contributed by atoms with Gasteiger partial charge in [0, 0.05) is 31.9 Å². The fourth-order valence-corrected chi connectivity index (χ4v) is 3.83. The van der Waals surface area contributed by atoms with Gasteiger partial charge in [0.15, 0.2) is 0 Å². The minimum Gasteiger partial charge on any atom is -0.379 e. The van der Waals surface area contributed by atoms with Crippen LogP contribution in [-0.4, -0.2) is 73.7 Å². The van der Waals surface area contributed by atoms with Crippen molar-refractivity contribution >= 4 is 39.5 Å². The van der Waals surface area contributed by atoms with Crippen molar-refractivity contribution < 1.29 is 13.2 Å². The summed E-state index contributed by atoms with van der Waals surface area (Å²) in [6.45, 7) is 8.17. The van der Waals surface area contributed by atoms with Gasteiger partial charge in [-0.05, 0) is 38.1 Å². The fraction of sp³-hybridized carbons (Fsp3) is 0.444. The number of morpholine rings is 1. The number of ether oxygens (including phenoxy) is 1. The normalized spacial score (nSPS) is 14.6. The third kappa shape index (κ3) is 6.15. The van der Waals surface area contributed by atoms with E-state index in [1.165, 1.54) is 12.1 Å². The molecular weight excluding hydrogens is 436 g/mol. The summed E-state index contributed by atoms with van der Waals surface area (Å²) in [5.74, 6) is 0.715. The monoisotopic (exact) mass is 464 g/mol. The van der Waals surface area contributed by atoms with Gasteiger partial charge in [-0.3, -0.25) is 5.43 Å². The first-order valence-corrected chi connectivity index (χ1v) is 11.6. The van der Waals surface area contributed by atoms with E-state index < -0.39 is 16.0 Å². The van der Waals surface area contributed by atoms with Crippen LogP contribution in [0.2, 0.25) is 0 Å². The lowest BCUT2D eigenvalue weighted by Crippen LogP contribution is -2.41. The average Bonchev–Trinajstić information content (AvgIpc) is 2.75. The fourth-order valence-electron chi connectivity index (χ4n) is 2.97. The van der Waals surface area contributed by atoms with Gasteiger partial charge >= 0.3 is 0 Å². The van der Waals surface area contributed by atoms with E-state index in [0.29, 0.717) is 49.8 Å². The largest absolute Gasteiger partial charge is 0.379 e. The lowest BCUT2D eigenvalue weighted by atomic mass is 10.3. The molecule has 1 aromatic carbocycles. The summed E-state index contributed by atoms with van der Waals surface area (Å²) >= 11 is 0. The number of nitrogens with zero attached hydrogens (tertiary/aromatic N) is 6. The Kier molecular flexibility index (Phi) is 7.61. The van der Waals surface area contributed by atoms with E-state index >= 15 is 0 Å². The van der Waals surface area contributed by atoms with Crippen molar-refractivity contribution in [2.24, 2.45) is 15.9 Å². The summed E-state index contributed by atoms with van der Waals surface area (Å²) in [4.78, 5) is 15.5. The quantitative estimate of drug-likeness (QED) is 0.291. The zero-order valence-corrected chi connectivity index (χ0v) is 18.8. The van der Waals surface area contributed by atoms with Gasteiger partial charge in [-0.1, -0.05) is 0 Å². The smallest absolute Gasteiger partial charge is 0.285 e. The van der Waals surface area contributed by atoms with E-state index in [2.05, 4.69) is 30.1 Å². The number of nitrogens with one attached hydrogen (secondary N) is 2. The number of sulfonamides is 1. The molecule has 0 saturated carbocycles. The van der Waals surface area contributed by atoms with Crippen LogP contribution >= 0.6 is 0 Å². The molecule has 174 valence electrons. The molecule has 2 aromatic rings. The molecule has 1 aliphatic heterocycles. The average molecular weight is 465 g/mol. The van der Waals surface area contributed by atoms with E-state index in [1.807, 2.05) is 23.8 Å². The summed E-state index contributed by atoms with van der Waals surface area (Å²) in [5.41, 5.74) is 14.2. The highest BCUT2D eigenvalue weighted by molar-refractivity contribution is 7.90. The molecule has 2 heterocycles. The predicted octanol–water partition coefficient (Wildman–Crippen LogP) is 0.0826. The third-order valence-electron chi connectivity index (χ3n) is 4.57. The van der Waals surface area contributed by atoms with Crippen LogP contribution in [0.15, 0.2) is 33.6 Å². The molecule has 13 nitrogen and oxygen atoms in total. The van der Waals surface area contributed by atoms with Gasteiger partial charge in [-0.2, -0.15) is 23.4 Å². The molecule has 1 fully saturated rings. The Balaban J connectivity index is 1.84. The van der Waals surface area contributed by atoms with E-state index in [-0.39, 0.29) is 4.90 Å². The first-order valence-electron chi connectivity index (χ1n) is 10.1. The van der Waals surface area contributed by atoms with E-state index in [9.17, 15) is 8.42 Å². The summed E-state index contributed by atoms with van der Waals surface area (Å²) in [5, 5.41) is 5.08. The second kappa shape index (κ2) is 10.4. The second-order valence-corrected chi connectivity index (χ2v) is 8.41. The van der Waals surface area contributed by atoms with Crippen LogP contribution in [0.3, 0.4) is 0 Å².